The molecule has 3 rings (SSSR count). The van der Waals surface area contributed by atoms with Crippen molar-refractivity contribution in [2.24, 2.45) is 0 Å². The van der Waals surface area contributed by atoms with Crippen LogP contribution in [0.5, 0.6) is 11.5 Å². The maximum Gasteiger partial charge on any atom is 0.265 e. The van der Waals surface area contributed by atoms with Gasteiger partial charge in [0.1, 0.15) is 6.10 Å². The molecule has 4 unspecified atom stereocenters. The number of nitrogens with one attached hydrogen (secondary N) is 2. The molecule has 0 spiro atoms. The van der Waals surface area contributed by atoms with E-state index in [2.05, 4.69) is 17.6 Å². The predicted octanol–water partition coefficient (Wildman–Crippen LogP) is 1.89. The second-order valence-corrected chi connectivity index (χ2v) is 5.81. The first kappa shape index (κ1) is 16.9. The van der Waals surface area contributed by atoms with Crippen LogP contribution in [0.2, 0.25) is 0 Å². The highest BCUT2D eigenvalue weighted by atomic mass is 35.5. The van der Waals surface area contributed by atoms with Gasteiger partial charge in [0.25, 0.3) is 5.91 Å². The van der Waals surface area contributed by atoms with Gasteiger partial charge in [-0.2, -0.15) is 0 Å². The smallest absolute Gasteiger partial charge is 0.265 e. The van der Waals surface area contributed by atoms with E-state index < -0.39 is 6.10 Å². The average molecular weight is 327 g/mol. The number of benzene rings is 1. The van der Waals surface area contributed by atoms with Crippen molar-refractivity contribution >= 4 is 18.3 Å². The first-order valence-electron chi connectivity index (χ1n) is 7.61. The highest BCUT2D eigenvalue weighted by Gasteiger charge is 2.35. The third kappa shape index (κ3) is 3.47. The Bertz CT molecular complexity index is 526. The summed E-state index contributed by atoms with van der Waals surface area (Å²) in [6.45, 7) is 4.98. The number of hydrogen-bond acceptors (Lipinski definition) is 4. The number of halogens is 1. The van der Waals surface area contributed by atoms with Gasteiger partial charge >= 0.3 is 0 Å². The fraction of sp³-hybridized carbons (Fsp3) is 0.562. The lowest BCUT2D eigenvalue weighted by Crippen LogP contribution is -2.57. The van der Waals surface area contributed by atoms with Crippen LogP contribution in [0.1, 0.15) is 26.7 Å². The topological polar surface area (TPSA) is 59.6 Å². The summed E-state index contributed by atoms with van der Waals surface area (Å²) in [7, 11) is 0. The Labute approximate surface area is 137 Å². The largest absolute Gasteiger partial charge is 0.482 e. The van der Waals surface area contributed by atoms with Crippen molar-refractivity contribution in [1.29, 1.82) is 0 Å². The maximum absolute atomic E-state index is 12.5. The Hall–Kier alpha value is -1.46. The van der Waals surface area contributed by atoms with Gasteiger partial charge in [0.2, 0.25) is 6.10 Å². The van der Waals surface area contributed by atoms with Crippen molar-refractivity contribution in [3.63, 3.8) is 0 Å². The lowest BCUT2D eigenvalue weighted by atomic mass is 9.99. The lowest BCUT2D eigenvalue weighted by Gasteiger charge is -2.35. The van der Waals surface area contributed by atoms with Gasteiger partial charge in [0.15, 0.2) is 11.5 Å². The molecule has 2 aliphatic rings. The molecular weight excluding hydrogens is 304 g/mol. The van der Waals surface area contributed by atoms with Crippen LogP contribution in [0.3, 0.4) is 0 Å². The standard InChI is InChI=1S/C16H22N2O3.ClH/c1-10-12(6-5-9-17-10)18-16(19)15-11(2)20-13-7-3-4-8-14(13)21-15;/h3-4,7-8,10-12,15,17H,5-6,9H2,1-2H3,(H,18,19);1H. The van der Waals surface area contributed by atoms with Crippen LogP contribution < -0.4 is 20.1 Å². The molecule has 0 aromatic heterocycles. The fourth-order valence-corrected chi connectivity index (χ4v) is 2.91. The van der Waals surface area contributed by atoms with Gasteiger partial charge < -0.3 is 20.1 Å². The highest BCUT2D eigenvalue weighted by Crippen LogP contribution is 2.33. The van der Waals surface area contributed by atoms with E-state index in [0.717, 1.165) is 19.4 Å². The average Bonchev–Trinajstić information content (AvgIpc) is 2.49. The number of piperidine rings is 1. The summed E-state index contributed by atoms with van der Waals surface area (Å²) >= 11 is 0. The number of rotatable bonds is 2. The van der Waals surface area contributed by atoms with E-state index in [-0.39, 0.29) is 36.5 Å². The molecule has 2 aliphatic heterocycles. The summed E-state index contributed by atoms with van der Waals surface area (Å²) in [4.78, 5) is 12.5. The van der Waals surface area contributed by atoms with Crippen LogP contribution in [0.4, 0.5) is 0 Å². The quantitative estimate of drug-likeness (QED) is 0.871. The second-order valence-electron chi connectivity index (χ2n) is 5.81. The molecule has 1 fully saturated rings. The monoisotopic (exact) mass is 326 g/mol. The molecule has 1 amide bonds. The van der Waals surface area contributed by atoms with Crippen molar-refractivity contribution < 1.29 is 14.3 Å². The van der Waals surface area contributed by atoms with E-state index in [4.69, 9.17) is 9.47 Å². The molecule has 1 aromatic carbocycles. The van der Waals surface area contributed by atoms with Crippen LogP contribution in [0.15, 0.2) is 24.3 Å². The van der Waals surface area contributed by atoms with Crippen LogP contribution in [-0.4, -0.2) is 36.7 Å². The molecular formula is C16H23ClN2O3. The summed E-state index contributed by atoms with van der Waals surface area (Å²) in [6.07, 6.45) is 1.18. The Morgan fingerprint density at radius 3 is 2.59 bits per heavy atom. The number of carbonyl (C=O) groups excluding carboxylic acids is 1. The predicted molar refractivity (Wildman–Crippen MR) is 86.8 cm³/mol. The van der Waals surface area contributed by atoms with E-state index in [0.29, 0.717) is 11.5 Å². The van der Waals surface area contributed by atoms with Crippen molar-refractivity contribution in [3.05, 3.63) is 24.3 Å². The first-order chi connectivity index (χ1) is 10.1. The van der Waals surface area contributed by atoms with Gasteiger partial charge in [-0.05, 0) is 45.4 Å². The third-order valence-electron chi connectivity index (χ3n) is 4.19. The van der Waals surface area contributed by atoms with E-state index in [9.17, 15) is 4.79 Å². The maximum atomic E-state index is 12.5. The number of fused-ring (bicyclic) bond motifs is 1. The fourth-order valence-electron chi connectivity index (χ4n) is 2.91. The lowest BCUT2D eigenvalue weighted by molar-refractivity contribution is -0.134. The molecule has 1 saturated heterocycles. The van der Waals surface area contributed by atoms with Crippen molar-refractivity contribution in [2.75, 3.05) is 6.54 Å². The molecule has 122 valence electrons. The first-order valence-corrected chi connectivity index (χ1v) is 7.61. The molecule has 22 heavy (non-hydrogen) atoms. The molecule has 4 atom stereocenters. The van der Waals surface area contributed by atoms with Gasteiger partial charge in [0.05, 0.1) is 0 Å². The molecule has 1 aromatic rings. The number of ether oxygens (including phenoxy) is 2. The van der Waals surface area contributed by atoms with E-state index in [1.807, 2.05) is 31.2 Å². The van der Waals surface area contributed by atoms with Crippen molar-refractivity contribution in [3.8, 4) is 11.5 Å². The van der Waals surface area contributed by atoms with Gasteiger partial charge in [-0.15, -0.1) is 12.4 Å². The Morgan fingerprint density at radius 2 is 1.91 bits per heavy atom. The number of carbonyl (C=O) groups is 1. The number of para-hydroxylation sites is 2. The van der Waals surface area contributed by atoms with E-state index in [1.54, 1.807) is 0 Å². The zero-order valence-electron chi connectivity index (χ0n) is 12.9. The van der Waals surface area contributed by atoms with Gasteiger partial charge in [-0.3, -0.25) is 4.79 Å². The minimum Gasteiger partial charge on any atom is -0.482 e. The third-order valence-corrected chi connectivity index (χ3v) is 4.19. The number of amides is 1. The zero-order valence-corrected chi connectivity index (χ0v) is 13.7. The van der Waals surface area contributed by atoms with Gasteiger partial charge in [-0.1, -0.05) is 12.1 Å². The minimum atomic E-state index is -0.603. The number of hydrogen-bond donors (Lipinski definition) is 2. The van der Waals surface area contributed by atoms with Gasteiger partial charge in [0, 0.05) is 12.1 Å². The molecule has 0 bridgehead atoms. The second kappa shape index (κ2) is 7.20. The summed E-state index contributed by atoms with van der Waals surface area (Å²) in [6, 6.07) is 7.89. The summed E-state index contributed by atoms with van der Waals surface area (Å²) in [5, 5.41) is 6.47. The van der Waals surface area contributed by atoms with Crippen molar-refractivity contribution in [2.45, 2.75) is 51.0 Å². The highest BCUT2D eigenvalue weighted by molar-refractivity contribution is 5.85. The summed E-state index contributed by atoms with van der Waals surface area (Å²) in [5.41, 5.74) is 0. The molecule has 2 N–H and O–H groups in total. The molecule has 5 nitrogen and oxygen atoms in total. The molecule has 0 saturated carbocycles. The van der Waals surface area contributed by atoms with Crippen LogP contribution in [-0.2, 0) is 4.79 Å². The summed E-state index contributed by atoms with van der Waals surface area (Å²) < 4.78 is 11.6. The van der Waals surface area contributed by atoms with E-state index >= 15 is 0 Å². The Kier molecular flexibility index (Phi) is 5.53. The molecule has 2 heterocycles. The normalized spacial score (nSPS) is 30.1. The van der Waals surface area contributed by atoms with Crippen LogP contribution >= 0.6 is 12.4 Å². The minimum absolute atomic E-state index is 0. The molecule has 0 radical (unpaired) electrons. The summed E-state index contributed by atoms with van der Waals surface area (Å²) in [5.74, 6) is 1.23. The Morgan fingerprint density at radius 1 is 1.23 bits per heavy atom. The van der Waals surface area contributed by atoms with E-state index in [1.165, 1.54) is 0 Å². The SMILES string of the molecule is CC1NCCCC1NC(=O)C1Oc2ccccc2OC1C.Cl. The van der Waals surface area contributed by atoms with Crippen molar-refractivity contribution in [1.82, 2.24) is 10.6 Å². The van der Waals surface area contributed by atoms with Crippen LogP contribution in [0.25, 0.3) is 0 Å². The zero-order chi connectivity index (χ0) is 14.8. The molecule has 0 aliphatic carbocycles. The van der Waals surface area contributed by atoms with Gasteiger partial charge in [-0.25, -0.2) is 0 Å². The Balaban J connectivity index is 0.00000176. The van der Waals surface area contributed by atoms with Crippen LogP contribution in [0, 0.1) is 0 Å². The molecule has 6 heteroatoms.